The van der Waals surface area contributed by atoms with Crippen LogP contribution in [0.1, 0.15) is 5.56 Å². The maximum atomic E-state index is 12.3. The molecule has 22 heavy (non-hydrogen) atoms. The molecule has 3 aromatic rings. The van der Waals surface area contributed by atoms with Crippen LogP contribution in [0.5, 0.6) is 0 Å². The van der Waals surface area contributed by atoms with Crippen molar-refractivity contribution in [2.75, 3.05) is 11.6 Å². The third kappa shape index (κ3) is 3.28. The number of nitrogens with one attached hydrogen (secondary N) is 1. The summed E-state index contributed by atoms with van der Waals surface area (Å²) in [5.41, 5.74) is 2.65. The zero-order chi connectivity index (χ0) is 15.4. The van der Waals surface area contributed by atoms with E-state index in [9.17, 15) is 4.79 Å². The fourth-order valence-electron chi connectivity index (χ4n) is 2.39. The summed E-state index contributed by atoms with van der Waals surface area (Å²) in [5.74, 6) is -0.0311. The van der Waals surface area contributed by atoms with Gasteiger partial charge in [-0.05, 0) is 36.1 Å². The molecule has 1 amide bonds. The Labute approximate surface area is 133 Å². The lowest BCUT2D eigenvalue weighted by atomic mass is 10.1. The Morgan fingerprint density at radius 1 is 1.14 bits per heavy atom. The molecule has 0 aliphatic carbocycles. The lowest BCUT2D eigenvalue weighted by molar-refractivity contribution is -0.115. The van der Waals surface area contributed by atoms with Gasteiger partial charge >= 0.3 is 0 Å². The molecule has 1 N–H and O–H groups in total. The SMILES string of the molecule is CSc1cccc(NC(=O)Cc2cccc3cccnc23)c1. The Kier molecular flexibility index (Phi) is 4.39. The third-order valence-electron chi connectivity index (χ3n) is 3.42. The van der Waals surface area contributed by atoms with Gasteiger partial charge in [0.2, 0.25) is 5.91 Å². The zero-order valence-electron chi connectivity index (χ0n) is 12.2. The lowest BCUT2D eigenvalue weighted by Gasteiger charge is -2.08. The maximum Gasteiger partial charge on any atom is 0.228 e. The molecule has 4 heteroatoms. The Hall–Kier alpha value is -2.33. The Bertz CT molecular complexity index is 812. The molecule has 0 radical (unpaired) electrons. The first-order valence-electron chi connectivity index (χ1n) is 7.03. The van der Waals surface area contributed by atoms with Gasteiger partial charge in [0.15, 0.2) is 0 Å². The monoisotopic (exact) mass is 308 g/mol. The van der Waals surface area contributed by atoms with E-state index in [1.54, 1.807) is 18.0 Å². The minimum Gasteiger partial charge on any atom is -0.326 e. The van der Waals surface area contributed by atoms with Crippen LogP contribution in [-0.4, -0.2) is 17.1 Å². The molecule has 0 bridgehead atoms. The summed E-state index contributed by atoms with van der Waals surface area (Å²) in [7, 11) is 0. The number of para-hydroxylation sites is 1. The first-order chi connectivity index (χ1) is 10.8. The summed E-state index contributed by atoms with van der Waals surface area (Å²) in [6.45, 7) is 0. The molecule has 3 rings (SSSR count). The van der Waals surface area contributed by atoms with Crippen molar-refractivity contribution in [3.8, 4) is 0 Å². The quantitative estimate of drug-likeness (QED) is 0.737. The van der Waals surface area contributed by atoms with Gasteiger partial charge in [0.25, 0.3) is 0 Å². The molecule has 1 aromatic heterocycles. The summed E-state index contributed by atoms with van der Waals surface area (Å²) in [5, 5.41) is 4.00. The van der Waals surface area contributed by atoms with Crippen molar-refractivity contribution in [1.29, 1.82) is 0 Å². The van der Waals surface area contributed by atoms with Gasteiger partial charge in [0.1, 0.15) is 0 Å². The summed E-state index contributed by atoms with van der Waals surface area (Å²) >= 11 is 1.65. The van der Waals surface area contributed by atoms with E-state index in [4.69, 9.17) is 0 Å². The summed E-state index contributed by atoms with van der Waals surface area (Å²) in [4.78, 5) is 17.8. The Morgan fingerprint density at radius 3 is 2.82 bits per heavy atom. The van der Waals surface area contributed by atoms with Crippen molar-refractivity contribution in [3.05, 3.63) is 66.4 Å². The highest BCUT2D eigenvalue weighted by Gasteiger charge is 2.08. The van der Waals surface area contributed by atoms with E-state index < -0.39 is 0 Å². The number of anilines is 1. The number of fused-ring (bicyclic) bond motifs is 1. The van der Waals surface area contributed by atoms with Crippen molar-refractivity contribution in [3.63, 3.8) is 0 Å². The van der Waals surface area contributed by atoms with E-state index in [1.165, 1.54) is 0 Å². The second-order valence-corrected chi connectivity index (χ2v) is 5.83. The fourth-order valence-corrected chi connectivity index (χ4v) is 2.85. The largest absolute Gasteiger partial charge is 0.326 e. The average Bonchev–Trinajstić information content (AvgIpc) is 2.55. The number of aromatic nitrogens is 1. The van der Waals surface area contributed by atoms with Gasteiger partial charge < -0.3 is 5.32 Å². The minimum absolute atomic E-state index is 0.0311. The van der Waals surface area contributed by atoms with Gasteiger partial charge in [-0.15, -0.1) is 11.8 Å². The molecule has 2 aromatic carbocycles. The van der Waals surface area contributed by atoms with Crippen LogP contribution in [0.3, 0.4) is 0 Å². The highest BCUT2D eigenvalue weighted by atomic mass is 32.2. The summed E-state index contributed by atoms with van der Waals surface area (Å²) in [6, 6.07) is 17.7. The molecular weight excluding hydrogens is 292 g/mol. The molecule has 0 unspecified atom stereocenters. The van der Waals surface area contributed by atoms with Gasteiger partial charge in [0.05, 0.1) is 11.9 Å². The van der Waals surface area contributed by atoms with Crippen molar-refractivity contribution in [1.82, 2.24) is 4.98 Å². The number of carbonyl (C=O) groups excluding carboxylic acids is 1. The van der Waals surface area contributed by atoms with Crippen molar-refractivity contribution in [2.45, 2.75) is 11.3 Å². The highest BCUT2D eigenvalue weighted by Crippen LogP contribution is 2.20. The van der Waals surface area contributed by atoms with E-state index in [0.29, 0.717) is 6.42 Å². The van der Waals surface area contributed by atoms with Gasteiger partial charge in [-0.3, -0.25) is 9.78 Å². The molecule has 110 valence electrons. The minimum atomic E-state index is -0.0311. The van der Waals surface area contributed by atoms with Crippen LogP contribution >= 0.6 is 11.8 Å². The second kappa shape index (κ2) is 6.62. The fraction of sp³-hybridized carbons (Fsp3) is 0.111. The molecule has 0 fully saturated rings. The Balaban J connectivity index is 1.78. The van der Waals surface area contributed by atoms with Crippen LogP contribution in [-0.2, 0) is 11.2 Å². The molecule has 1 heterocycles. The lowest BCUT2D eigenvalue weighted by Crippen LogP contribution is -2.14. The maximum absolute atomic E-state index is 12.3. The number of hydrogen-bond donors (Lipinski definition) is 1. The molecule has 0 spiro atoms. The van der Waals surface area contributed by atoms with Crippen LogP contribution in [0.25, 0.3) is 10.9 Å². The van der Waals surface area contributed by atoms with E-state index >= 15 is 0 Å². The number of thioether (sulfide) groups is 1. The number of pyridine rings is 1. The molecule has 0 aliphatic heterocycles. The van der Waals surface area contributed by atoms with Crippen molar-refractivity contribution in [2.24, 2.45) is 0 Å². The first kappa shape index (κ1) is 14.6. The zero-order valence-corrected chi connectivity index (χ0v) is 13.1. The number of benzene rings is 2. The third-order valence-corrected chi connectivity index (χ3v) is 4.15. The predicted octanol–water partition coefficient (Wildman–Crippen LogP) is 4.14. The molecule has 0 atom stereocenters. The summed E-state index contributed by atoms with van der Waals surface area (Å²) < 4.78 is 0. The highest BCUT2D eigenvalue weighted by molar-refractivity contribution is 7.98. The molecular formula is C18H16N2OS. The van der Waals surface area contributed by atoms with Crippen LogP contribution in [0.15, 0.2) is 65.7 Å². The van der Waals surface area contributed by atoms with Crippen molar-refractivity contribution >= 4 is 34.3 Å². The molecule has 0 saturated heterocycles. The number of nitrogens with zero attached hydrogens (tertiary/aromatic N) is 1. The van der Waals surface area contributed by atoms with Crippen LogP contribution in [0, 0.1) is 0 Å². The van der Waals surface area contributed by atoms with Gasteiger partial charge in [-0.1, -0.05) is 30.3 Å². The molecule has 0 saturated carbocycles. The van der Waals surface area contributed by atoms with Gasteiger partial charge in [-0.25, -0.2) is 0 Å². The predicted molar refractivity (Wildman–Crippen MR) is 92.3 cm³/mol. The van der Waals surface area contributed by atoms with E-state index in [1.807, 2.05) is 60.9 Å². The van der Waals surface area contributed by atoms with Gasteiger partial charge in [-0.2, -0.15) is 0 Å². The van der Waals surface area contributed by atoms with Gasteiger partial charge in [0, 0.05) is 22.2 Å². The second-order valence-electron chi connectivity index (χ2n) is 4.95. The molecule has 3 nitrogen and oxygen atoms in total. The normalized spacial score (nSPS) is 10.6. The standard InChI is InChI=1S/C18H16N2OS/c1-22-16-9-3-8-15(12-16)20-17(21)11-14-6-2-5-13-7-4-10-19-18(13)14/h2-10,12H,11H2,1H3,(H,20,21). The summed E-state index contributed by atoms with van der Waals surface area (Å²) in [6.07, 6.45) is 4.09. The Morgan fingerprint density at radius 2 is 1.95 bits per heavy atom. The number of amides is 1. The van der Waals surface area contributed by atoms with Crippen LogP contribution in [0.2, 0.25) is 0 Å². The average molecular weight is 308 g/mol. The number of carbonyl (C=O) groups is 1. The van der Waals surface area contributed by atoms with E-state index in [2.05, 4.69) is 10.3 Å². The van der Waals surface area contributed by atoms with E-state index in [-0.39, 0.29) is 5.91 Å². The van der Waals surface area contributed by atoms with Crippen LogP contribution < -0.4 is 5.32 Å². The van der Waals surface area contributed by atoms with E-state index in [0.717, 1.165) is 27.0 Å². The van der Waals surface area contributed by atoms with Crippen molar-refractivity contribution < 1.29 is 4.79 Å². The first-order valence-corrected chi connectivity index (χ1v) is 8.25. The smallest absolute Gasteiger partial charge is 0.228 e. The number of rotatable bonds is 4. The number of hydrogen-bond acceptors (Lipinski definition) is 3. The van der Waals surface area contributed by atoms with Crippen LogP contribution in [0.4, 0.5) is 5.69 Å². The molecule has 0 aliphatic rings. The topological polar surface area (TPSA) is 42.0 Å².